The number of hydrogen-bond donors (Lipinski definition) is 2. The highest BCUT2D eigenvalue weighted by Crippen LogP contribution is 2.34. The first kappa shape index (κ1) is 18.6. The molecule has 2 aromatic rings. The van der Waals surface area contributed by atoms with Gasteiger partial charge in [-0.1, -0.05) is 13.5 Å². The number of aliphatic hydroxyl groups is 1. The number of nitrogens with one attached hydrogen (secondary N) is 1. The second kappa shape index (κ2) is 8.01. The van der Waals surface area contributed by atoms with Crippen molar-refractivity contribution in [1.82, 2.24) is 14.9 Å². The molecule has 7 heteroatoms. The molecule has 3 rings (SSSR count). The molecular formula is C20H21N3O4. The van der Waals surface area contributed by atoms with Crippen LogP contribution >= 0.6 is 0 Å². The van der Waals surface area contributed by atoms with Crippen molar-refractivity contribution in [3.8, 4) is 0 Å². The molecule has 140 valence electrons. The summed E-state index contributed by atoms with van der Waals surface area (Å²) in [4.78, 5) is 29.5. The van der Waals surface area contributed by atoms with Crippen LogP contribution in [0.25, 0.3) is 16.6 Å². The lowest BCUT2D eigenvalue weighted by atomic mass is 10.00. The fourth-order valence-corrected chi connectivity index (χ4v) is 3.16. The Balaban J connectivity index is 2.25. The van der Waals surface area contributed by atoms with Crippen LogP contribution in [-0.4, -0.2) is 33.1 Å². The average Bonchev–Trinajstić information content (AvgIpc) is 3.16. The molecule has 0 aromatic carbocycles. The van der Waals surface area contributed by atoms with Crippen molar-refractivity contribution >= 4 is 28.4 Å². The van der Waals surface area contributed by atoms with E-state index in [1.807, 2.05) is 17.6 Å². The van der Waals surface area contributed by atoms with Crippen LogP contribution in [0, 0.1) is 0 Å². The minimum absolute atomic E-state index is 0.0469. The maximum absolute atomic E-state index is 12.6. The zero-order valence-electron chi connectivity index (χ0n) is 15.1. The van der Waals surface area contributed by atoms with E-state index in [1.165, 1.54) is 6.26 Å². The first-order valence-electron chi connectivity index (χ1n) is 8.75. The quantitative estimate of drug-likeness (QED) is 0.551. The maximum Gasteiger partial charge on any atom is 0.262 e. The fraction of sp³-hybridized carbons (Fsp3) is 0.250. The lowest BCUT2D eigenvalue weighted by Crippen LogP contribution is -2.23. The predicted octanol–water partition coefficient (Wildman–Crippen LogP) is 2.28. The number of aliphatic hydroxyl groups excluding tert-OH is 1. The van der Waals surface area contributed by atoms with Crippen molar-refractivity contribution in [1.29, 1.82) is 0 Å². The summed E-state index contributed by atoms with van der Waals surface area (Å²) >= 11 is 0. The molecule has 1 aliphatic heterocycles. The summed E-state index contributed by atoms with van der Waals surface area (Å²) in [5, 5.41) is 12.2. The molecule has 2 amide bonds. The number of aryl methyl sites for hydroxylation is 1. The van der Waals surface area contributed by atoms with E-state index >= 15 is 0 Å². The number of pyridine rings is 1. The lowest BCUT2D eigenvalue weighted by molar-refractivity contribution is -0.123. The number of nitrogens with zero attached hydrogens (tertiary/aromatic N) is 2. The molecule has 2 N–H and O–H groups in total. The number of hydrogen-bond acceptors (Lipinski definition) is 5. The monoisotopic (exact) mass is 367 g/mol. The van der Waals surface area contributed by atoms with Crippen LogP contribution in [0.15, 0.2) is 54.8 Å². The lowest BCUT2D eigenvalue weighted by Gasteiger charge is -2.07. The van der Waals surface area contributed by atoms with Gasteiger partial charge >= 0.3 is 0 Å². The van der Waals surface area contributed by atoms with Crippen LogP contribution in [0.1, 0.15) is 25.3 Å². The second-order valence-electron chi connectivity index (χ2n) is 5.98. The normalized spacial score (nSPS) is 14.8. The molecule has 0 saturated heterocycles. The van der Waals surface area contributed by atoms with Crippen molar-refractivity contribution in [3.63, 3.8) is 0 Å². The van der Waals surface area contributed by atoms with Crippen LogP contribution in [0.4, 0.5) is 0 Å². The summed E-state index contributed by atoms with van der Waals surface area (Å²) < 4.78 is 7.29. The zero-order valence-corrected chi connectivity index (χ0v) is 15.1. The van der Waals surface area contributed by atoms with Gasteiger partial charge in [0.25, 0.3) is 11.8 Å². The van der Waals surface area contributed by atoms with Crippen molar-refractivity contribution in [3.05, 3.63) is 60.3 Å². The van der Waals surface area contributed by atoms with Gasteiger partial charge in [-0.2, -0.15) is 0 Å². The average molecular weight is 367 g/mol. The van der Waals surface area contributed by atoms with Crippen LogP contribution in [0.5, 0.6) is 0 Å². The third-order valence-corrected chi connectivity index (χ3v) is 4.24. The number of carbonyl (C=O) groups excluding carboxylic acids is 2. The summed E-state index contributed by atoms with van der Waals surface area (Å²) in [6, 6.07) is 3.63. The number of allylic oxidation sites excluding steroid dienone is 1. The van der Waals surface area contributed by atoms with Gasteiger partial charge in [0.2, 0.25) is 0 Å². The number of amides is 2. The first-order chi connectivity index (χ1) is 13.1. The molecule has 0 aliphatic carbocycles. The summed E-state index contributed by atoms with van der Waals surface area (Å²) in [6.45, 7) is 6.04. The van der Waals surface area contributed by atoms with E-state index in [1.54, 1.807) is 24.5 Å². The van der Waals surface area contributed by atoms with E-state index in [4.69, 9.17) is 9.84 Å². The molecule has 27 heavy (non-hydrogen) atoms. The Kier molecular flexibility index (Phi) is 5.52. The standard InChI is InChI=1S/C20H21N3O4/c1-3-7-15(27-4-2)17-16(19(25)22-20(17)26)14-12-23(10-6-11-24)18-13(14)8-5-9-21-18/h4-5,7-9,12,24H,2-3,6,10-11H2,1H3,(H,22,25,26)/b15-7-. The van der Waals surface area contributed by atoms with E-state index in [0.29, 0.717) is 36.4 Å². The molecule has 0 radical (unpaired) electrons. The molecule has 0 saturated carbocycles. The molecule has 7 nitrogen and oxygen atoms in total. The van der Waals surface area contributed by atoms with E-state index in [2.05, 4.69) is 16.9 Å². The highest BCUT2D eigenvalue weighted by Gasteiger charge is 2.35. The Morgan fingerprint density at radius 1 is 1.41 bits per heavy atom. The highest BCUT2D eigenvalue weighted by atomic mass is 16.5. The van der Waals surface area contributed by atoms with Gasteiger partial charge in [-0.3, -0.25) is 14.9 Å². The third kappa shape index (κ3) is 3.41. The molecule has 2 aromatic heterocycles. The smallest absolute Gasteiger partial charge is 0.262 e. The van der Waals surface area contributed by atoms with Gasteiger partial charge in [0.1, 0.15) is 11.4 Å². The van der Waals surface area contributed by atoms with E-state index in [0.717, 1.165) is 5.39 Å². The molecule has 0 spiro atoms. The summed E-state index contributed by atoms with van der Waals surface area (Å²) in [5.41, 5.74) is 1.73. The van der Waals surface area contributed by atoms with Crippen LogP contribution in [-0.2, 0) is 20.9 Å². The number of rotatable bonds is 8. The number of aromatic nitrogens is 2. The first-order valence-corrected chi connectivity index (χ1v) is 8.75. The number of imide groups is 1. The second-order valence-corrected chi connectivity index (χ2v) is 5.98. The predicted molar refractivity (Wildman–Crippen MR) is 101 cm³/mol. The maximum atomic E-state index is 12.6. The molecule has 3 heterocycles. The Hall–Kier alpha value is -3.19. The molecule has 0 atom stereocenters. The number of ether oxygens (including phenoxy) is 1. The molecule has 0 unspecified atom stereocenters. The largest absolute Gasteiger partial charge is 0.465 e. The van der Waals surface area contributed by atoms with Gasteiger partial charge in [-0.25, -0.2) is 4.98 Å². The summed E-state index contributed by atoms with van der Waals surface area (Å²) in [6.07, 6.45) is 7.60. The van der Waals surface area contributed by atoms with E-state index in [9.17, 15) is 9.59 Å². The van der Waals surface area contributed by atoms with Crippen molar-refractivity contribution < 1.29 is 19.4 Å². The molecule has 0 fully saturated rings. The SMILES string of the molecule is C=CO/C(=C\CC)C1=C(c2cn(CCCO)c3ncccc23)C(=O)NC1=O. The zero-order chi connectivity index (χ0) is 19.4. The Labute approximate surface area is 156 Å². The summed E-state index contributed by atoms with van der Waals surface area (Å²) in [5.74, 6) is -0.683. The minimum atomic E-state index is -0.503. The third-order valence-electron chi connectivity index (χ3n) is 4.24. The van der Waals surface area contributed by atoms with Crippen molar-refractivity contribution in [2.24, 2.45) is 0 Å². The Morgan fingerprint density at radius 2 is 2.22 bits per heavy atom. The molecule has 0 bridgehead atoms. The van der Waals surface area contributed by atoms with Crippen LogP contribution in [0.3, 0.4) is 0 Å². The van der Waals surface area contributed by atoms with E-state index in [-0.39, 0.29) is 17.8 Å². The van der Waals surface area contributed by atoms with Crippen molar-refractivity contribution in [2.75, 3.05) is 6.61 Å². The van der Waals surface area contributed by atoms with Gasteiger partial charge in [0, 0.05) is 36.5 Å². The van der Waals surface area contributed by atoms with Gasteiger partial charge in [-0.15, -0.1) is 0 Å². The van der Waals surface area contributed by atoms with Crippen LogP contribution in [0.2, 0.25) is 0 Å². The number of fused-ring (bicyclic) bond motifs is 1. The molecule has 1 aliphatic rings. The Morgan fingerprint density at radius 3 is 2.93 bits per heavy atom. The molecular weight excluding hydrogens is 346 g/mol. The number of carbonyl (C=O) groups is 2. The highest BCUT2D eigenvalue weighted by molar-refractivity contribution is 6.38. The van der Waals surface area contributed by atoms with Gasteiger partial charge < -0.3 is 14.4 Å². The van der Waals surface area contributed by atoms with Gasteiger partial charge in [0.15, 0.2) is 0 Å². The van der Waals surface area contributed by atoms with Gasteiger partial charge in [-0.05, 0) is 31.1 Å². The van der Waals surface area contributed by atoms with Crippen LogP contribution < -0.4 is 5.32 Å². The fourth-order valence-electron chi connectivity index (χ4n) is 3.16. The van der Waals surface area contributed by atoms with Crippen molar-refractivity contribution in [2.45, 2.75) is 26.3 Å². The summed E-state index contributed by atoms with van der Waals surface area (Å²) in [7, 11) is 0. The minimum Gasteiger partial charge on any atom is -0.465 e. The topological polar surface area (TPSA) is 93.4 Å². The van der Waals surface area contributed by atoms with E-state index < -0.39 is 11.8 Å². The van der Waals surface area contributed by atoms with Gasteiger partial charge in [0.05, 0.1) is 17.4 Å². The Bertz CT molecular complexity index is 969.